The van der Waals surface area contributed by atoms with E-state index >= 15 is 0 Å². The smallest absolute Gasteiger partial charge is 0.266 e. The zero-order chi connectivity index (χ0) is 15.7. The summed E-state index contributed by atoms with van der Waals surface area (Å²) in [6.45, 7) is 11.0. The summed E-state index contributed by atoms with van der Waals surface area (Å²) in [7, 11) is 2.04. The van der Waals surface area contributed by atoms with Gasteiger partial charge in [0, 0.05) is 45.5 Å². The second kappa shape index (κ2) is 9.37. The lowest BCUT2D eigenvalue weighted by molar-refractivity contribution is -0.128. The third kappa shape index (κ3) is 5.74. The third-order valence-electron chi connectivity index (χ3n) is 3.85. The normalized spacial score (nSPS) is 16.9. The van der Waals surface area contributed by atoms with E-state index in [4.69, 9.17) is 5.26 Å². The highest BCUT2D eigenvalue weighted by atomic mass is 16.2. The highest BCUT2D eigenvalue weighted by molar-refractivity contribution is 5.97. The molecule has 0 aliphatic carbocycles. The van der Waals surface area contributed by atoms with E-state index in [1.165, 1.54) is 0 Å². The molecule has 1 fully saturated rings. The van der Waals surface area contributed by atoms with Crippen LogP contribution in [0.4, 0.5) is 0 Å². The minimum Gasteiger partial charge on any atom is -0.388 e. The Kier molecular flexibility index (Phi) is 7.80. The lowest BCUT2D eigenvalue weighted by Crippen LogP contribution is -2.47. The first-order valence-corrected chi connectivity index (χ1v) is 7.66. The summed E-state index contributed by atoms with van der Waals surface area (Å²) in [6.07, 6.45) is 1.56. The molecule has 1 heterocycles. The van der Waals surface area contributed by atoms with Gasteiger partial charge >= 0.3 is 0 Å². The molecule has 1 amide bonds. The molecular weight excluding hydrogens is 266 g/mol. The van der Waals surface area contributed by atoms with Crippen LogP contribution >= 0.6 is 0 Å². The molecule has 0 atom stereocenters. The molecule has 0 unspecified atom stereocenters. The number of amides is 1. The van der Waals surface area contributed by atoms with Crippen LogP contribution in [-0.2, 0) is 4.79 Å². The summed E-state index contributed by atoms with van der Waals surface area (Å²) in [5, 5.41) is 12.2. The molecule has 0 aromatic carbocycles. The van der Waals surface area contributed by atoms with Crippen LogP contribution < -0.4 is 5.32 Å². The first-order valence-electron chi connectivity index (χ1n) is 7.66. The van der Waals surface area contributed by atoms with E-state index in [-0.39, 0.29) is 11.5 Å². The van der Waals surface area contributed by atoms with Crippen molar-refractivity contribution < 1.29 is 4.79 Å². The van der Waals surface area contributed by atoms with Gasteiger partial charge in [-0.2, -0.15) is 5.26 Å². The second-order valence-corrected chi connectivity index (χ2v) is 5.25. The summed E-state index contributed by atoms with van der Waals surface area (Å²) < 4.78 is 0. The maximum absolute atomic E-state index is 12.2. The Morgan fingerprint density at radius 3 is 2.43 bits per heavy atom. The Bertz CT molecular complexity index is 389. The first-order chi connectivity index (χ1) is 10.1. The van der Waals surface area contributed by atoms with E-state index < -0.39 is 0 Å². The van der Waals surface area contributed by atoms with Crippen molar-refractivity contribution in [2.24, 2.45) is 0 Å². The topological polar surface area (TPSA) is 62.6 Å². The van der Waals surface area contributed by atoms with Gasteiger partial charge in [0.05, 0.1) is 0 Å². The number of likely N-dealkylation sites (N-methyl/N-ethyl adjacent to an activating group) is 2. The number of nitriles is 1. The molecule has 1 N–H and O–H groups in total. The number of hydrogen-bond acceptors (Lipinski definition) is 5. The predicted octanol–water partition coefficient (Wildman–Crippen LogP) is 0.0993. The monoisotopic (exact) mass is 293 g/mol. The molecule has 6 nitrogen and oxygen atoms in total. The lowest BCUT2D eigenvalue weighted by Gasteiger charge is -2.32. The largest absolute Gasteiger partial charge is 0.388 e. The van der Waals surface area contributed by atoms with Crippen molar-refractivity contribution in [3.05, 3.63) is 11.8 Å². The van der Waals surface area contributed by atoms with E-state index in [2.05, 4.69) is 29.0 Å². The molecule has 0 aromatic heterocycles. The summed E-state index contributed by atoms with van der Waals surface area (Å²) in [4.78, 5) is 18.5. The number of carbonyl (C=O) groups excluding carboxylic acids is 1. The molecule has 118 valence electrons. The summed E-state index contributed by atoms with van der Waals surface area (Å²) in [6, 6.07) is 2.01. The summed E-state index contributed by atoms with van der Waals surface area (Å²) in [5.41, 5.74) is 0.194. The summed E-state index contributed by atoms with van der Waals surface area (Å²) in [5.74, 6) is -0.166. The molecule has 1 aliphatic rings. The van der Waals surface area contributed by atoms with Crippen LogP contribution in [0.25, 0.3) is 0 Å². The Balaban J connectivity index is 2.44. The van der Waals surface area contributed by atoms with Crippen LogP contribution in [0.5, 0.6) is 0 Å². The minimum atomic E-state index is -0.166. The van der Waals surface area contributed by atoms with Crippen molar-refractivity contribution in [2.75, 3.05) is 59.4 Å². The Morgan fingerprint density at radius 2 is 1.90 bits per heavy atom. The quantitative estimate of drug-likeness (QED) is 0.410. The van der Waals surface area contributed by atoms with Gasteiger partial charge in [0.15, 0.2) is 0 Å². The maximum Gasteiger partial charge on any atom is 0.266 e. The average molecular weight is 293 g/mol. The lowest BCUT2D eigenvalue weighted by atomic mass is 10.2. The van der Waals surface area contributed by atoms with Crippen molar-refractivity contribution in [1.82, 2.24) is 20.0 Å². The Morgan fingerprint density at radius 1 is 1.29 bits per heavy atom. The van der Waals surface area contributed by atoms with Crippen LogP contribution in [0.2, 0.25) is 0 Å². The fraction of sp³-hybridized carbons (Fsp3) is 0.733. The van der Waals surface area contributed by atoms with Gasteiger partial charge in [0.25, 0.3) is 5.91 Å². The summed E-state index contributed by atoms with van der Waals surface area (Å²) >= 11 is 0. The zero-order valence-corrected chi connectivity index (χ0v) is 13.4. The predicted molar refractivity (Wildman–Crippen MR) is 83.6 cm³/mol. The molecule has 0 bridgehead atoms. The van der Waals surface area contributed by atoms with Gasteiger partial charge in [-0.25, -0.2) is 0 Å². The van der Waals surface area contributed by atoms with Crippen LogP contribution in [0.15, 0.2) is 11.8 Å². The van der Waals surface area contributed by atoms with Gasteiger partial charge in [0.1, 0.15) is 11.6 Å². The van der Waals surface area contributed by atoms with Gasteiger partial charge in [-0.3, -0.25) is 4.79 Å². The maximum atomic E-state index is 12.2. The SMILES string of the molecule is CCN(CC)CCN/C=C(/C#N)C(=O)N1CCN(C)CC1. The molecule has 0 spiro atoms. The van der Waals surface area contributed by atoms with E-state index in [1.807, 2.05) is 13.1 Å². The first kappa shape index (κ1) is 17.5. The second-order valence-electron chi connectivity index (χ2n) is 5.25. The Labute approximate surface area is 128 Å². The third-order valence-corrected chi connectivity index (χ3v) is 3.85. The van der Waals surface area contributed by atoms with Crippen LogP contribution in [0.3, 0.4) is 0 Å². The van der Waals surface area contributed by atoms with Gasteiger partial charge in [-0.1, -0.05) is 13.8 Å². The fourth-order valence-electron chi connectivity index (χ4n) is 2.26. The van der Waals surface area contributed by atoms with Gasteiger partial charge < -0.3 is 20.0 Å². The molecule has 0 saturated carbocycles. The van der Waals surface area contributed by atoms with Crippen LogP contribution in [-0.4, -0.2) is 80.0 Å². The van der Waals surface area contributed by atoms with Crippen LogP contribution in [0.1, 0.15) is 13.8 Å². The number of nitrogens with zero attached hydrogens (tertiary/aromatic N) is 4. The van der Waals surface area contributed by atoms with Crippen molar-refractivity contribution in [2.45, 2.75) is 13.8 Å². The van der Waals surface area contributed by atoms with E-state index in [0.717, 1.165) is 39.3 Å². The standard InChI is InChI=1S/C15H27N5O/c1-4-19(5-2)7-6-17-13-14(12-16)15(21)20-10-8-18(3)9-11-20/h13,17H,4-11H2,1-3H3/b14-13-. The van der Waals surface area contributed by atoms with E-state index in [0.29, 0.717) is 13.1 Å². The molecule has 0 radical (unpaired) electrons. The van der Waals surface area contributed by atoms with Gasteiger partial charge in [-0.05, 0) is 20.1 Å². The van der Waals surface area contributed by atoms with Crippen LogP contribution in [0, 0.1) is 11.3 Å². The van der Waals surface area contributed by atoms with Crippen molar-refractivity contribution >= 4 is 5.91 Å². The van der Waals surface area contributed by atoms with Gasteiger partial charge in [-0.15, -0.1) is 0 Å². The number of rotatable bonds is 7. The van der Waals surface area contributed by atoms with Crippen molar-refractivity contribution in [3.63, 3.8) is 0 Å². The Hall–Kier alpha value is -1.58. The molecular formula is C15H27N5O. The molecule has 0 aromatic rings. The zero-order valence-electron chi connectivity index (χ0n) is 13.4. The number of carbonyl (C=O) groups is 1. The van der Waals surface area contributed by atoms with Crippen molar-refractivity contribution in [3.8, 4) is 6.07 Å². The average Bonchev–Trinajstić information content (AvgIpc) is 2.51. The molecule has 1 rings (SSSR count). The number of nitrogens with one attached hydrogen (secondary N) is 1. The molecule has 6 heteroatoms. The van der Waals surface area contributed by atoms with E-state index in [1.54, 1.807) is 11.1 Å². The van der Waals surface area contributed by atoms with Gasteiger partial charge in [0.2, 0.25) is 0 Å². The molecule has 1 saturated heterocycles. The highest BCUT2D eigenvalue weighted by Crippen LogP contribution is 2.05. The van der Waals surface area contributed by atoms with E-state index in [9.17, 15) is 4.79 Å². The molecule has 21 heavy (non-hydrogen) atoms. The van der Waals surface area contributed by atoms with Crippen molar-refractivity contribution in [1.29, 1.82) is 5.26 Å². The minimum absolute atomic E-state index is 0.166. The number of piperazine rings is 1. The molecule has 1 aliphatic heterocycles. The highest BCUT2D eigenvalue weighted by Gasteiger charge is 2.21. The fourth-order valence-corrected chi connectivity index (χ4v) is 2.26. The number of hydrogen-bond donors (Lipinski definition) is 1.